The fourth-order valence-corrected chi connectivity index (χ4v) is 1.96. The minimum Gasteiger partial charge on any atom is -0.545 e. The Labute approximate surface area is 116 Å². The largest absolute Gasteiger partial charge is 0.545 e. The van der Waals surface area contributed by atoms with Gasteiger partial charge >= 0.3 is 0 Å². The second-order valence-corrected chi connectivity index (χ2v) is 5.41. The number of aromatic nitrogens is 1. The van der Waals surface area contributed by atoms with E-state index < -0.39 is 11.5 Å². The molecule has 1 amide bonds. The van der Waals surface area contributed by atoms with Crippen molar-refractivity contribution in [3.05, 3.63) is 29.1 Å². The van der Waals surface area contributed by atoms with Gasteiger partial charge in [-0.15, -0.1) is 0 Å². The summed E-state index contributed by atoms with van der Waals surface area (Å²) in [6.45, 7) is 7.21. The molecule has 2 heterocycles. The van der Waals surface area contributed by atoms with E-state index in [1.54, 1.807) is 13.8 Å². The highest BCUT2D eigenvalue weighted by molar-refractivity contribution is 6.17. The van der Waals surface area contributed by atoms with Gasteiger partial charge in [0.05, 0.1) is 5.97 Å². The molecule has 6 nitrogen and oxygen atoms in total. The minimum absolute atomic E-state index is 0.0168. The standard InChI is InChI=1S/C14H17N3O3/c1-7(2)14(4)13(20)16-11(17-14)10-9(12(18)19)5-8(3)6-15-10/h5-7H,1-4H3,(H,18,19)(H,16,17,20)/p-1/t14-/m0/s1. The molecule has 0 aliphatic carbocycles. The number of aliphatic imine (C=N–C) groups is 1. The molecule has 1 aliphatic heterocycles. The molecule has 0 saturated carbocycles. The van der Waals surface area contributed by atoms with Crippen LogP contribution < -0.4 is 10.4 Å². The van der Waals surface area contributed by atoms with Crippen molar-refractivity contribution in [2.24, 2.45) is 10.9 Å². The number of aryl methyl sites for hydroxylation is 1. The lowest BCUT2D eigenvalue weighted by Gasteiger charge is -2.21. The van der Waals surface area contributed by atoms with E-state index in [4.69, 9.17) is 0 Å². The Bertz CT molecular complexity index is 622. The molecule has 1 aromatic rings. The van der Waals surface area contributed by atoms with Gasteiger partial charge in [0.25, 0.3) is 5.91 Å². The molecular formula is C14H16N3O3-. The van der Waals surface area contributed by atoms with Crippen molar-refractivity contribution in [3.8, 4) is 0 Å². The summed E-state index contributed by atoms with van der Waals surface area (Å²) in [6.07, 6.45) is 1.53. The number of aromatic carboxylic acids is 1. The predicted molar refractivity (Wildman–Crippen MR) is 71.2 cm³/mol. The first kappa shape index (κ1) is 14.2. The number of nitrogens with one attached hydrogen (secondary N) is 1. The predicted octanol–water partition coefficient (Wildman–Crippen LogP) is 0.0446. The third kappa shape index (κ3) is 2.17. The number of rotatable bonds is 3. The number of carboxylic acid groups (broad SMARTS) is 1. The molecule has 2 rings (SSSR count). The maximum Gasteiger partial charge on any atom is 0.253 e. The van der Waals surface area contributed by atoms with Gasteiger partial charge in [0, 0.05) is 11.8 Å². The van der Waals surface area contributed by atoms with Crippen molar-refractivity contribution in [1.82, 2.24) is 10.3 Å². The summed E-state index contributed by atoms with van der Waals surface area (Å²) in [6, 6.07) is 1.46. The summed E-state index contributed by atoms with van der Waals surface area (Å²) in [4.78, 5) is 31.7. The van der Waals surface area contributed by atoms with Crippen LogP contribution >= 0.6 is 0 Å². The van der Waals surface area contributed by atoms with Crippen molar-refractivity contribution >= 4 is 17.7 Å². The minimum atomic E-state index is -1.34. The summed E-state index contributed by atoms with van der Waals surface area (Å²) < 4.78 is 0. The van der Waals surface area contributed by atoms with Crippen LogP contribution in [0.15, 0.2) is 17.3 Å². The lowest BCUT2D eigenvalue weighted by atomic mass is 9.89. The highest BCUT2D eigenvalue weighted by Crippen LogP contribution is 2.27. The maximum absolute atomic E-state index is 12.1. The van der Waals surface area contributed by atoms with Crippen LogP contribution in [0, 0.1) is 12.8 Å². The number of amidine groups is 1. The van der Waals surface area contributed by atoms with E-state index in [1.807, 2.05) is 13.8 Å². The molecule has 0 fully saturated rings. The van der Waals surface area contributed by atoms with E-state index in [2.05, 4.69) is 15.3 Å². The Morgan fingerprint density at radius 2 is 2.10 bits per heavy atom. The molecule has 20 heavy (non-hydrogen) atoms. The van der Waals surface area contributed by atoms with Crippen molar-refractivity contribution in [1.29, 1.82) is 0 Å². The highest BCUT2D eigenvalue weighted by atomic mass is 16.4. The van der Waals surface area contributed by atoms with Crippen LogP contribution in [0.2, 0.25) is 0 Å². The van der Waals surface area contributed by atoms with Gasteiger partial charge in [-0.25, -0.2) is 4.99 Å². The van der Waals surface area contributed by atoms with Crippen molar-refractivity contribution in [3.63, 3.8) is 0 Å². The van der Waals surface area contributed by atoms with E-state index in [0.717, 1.165) is 0 Å². The number of pyridine rings is 1. The summed E-state index contributed by atoms with van der Waals surface area (Å²) in [7, 11) is 0. The Morgan fingerprint density at radius 3 is 2.60 bits per heavy atom. The van der Waals surface area contributed by atoms with E-state index >= 15 is 0 Å². The first-order valence-corrected chi connectivity index (χ1v) is 6.35. The summed E-state index contributed by atoms with van der Waals surface area (Å²) in [5.41, 5.74) is -0.152. The lowest BCUT2D eigenvalue weighted by Crippen LogP contribution is -2.41. The zero-order chi connectivity index (χ0) is 15.1. The zero-order valence-corrected chi connectivity index (χ0v) is 11.9. The van der Waals surface area contributed by atoms with Crippen LogP contribution in [0.25, 0.3) is 0 Å². The normalized spacial score (nSPS) is 21.9. The number of carbonyl (C=O) groups excluding carboxylic acids is 2. The fourth-order valence-electron chi connectivity index (χ4n) is 1.96. The van der Waals surface area contributed by atoms with E-state index in [1.165, 1.54) is 12.3 Å². The van der Waals surface area contributed by atoms with E-state index in [-0.39, 0.29) is 28.9 Å². The first-order chi connectivity index (χ1) is 9.25. The van der Waals surface area contributed by atoms with E-state index in [0.29, 0.717) is 5.56 Å². The molecule has 6 heteroatoms. The van der Waals surface area contributed by atoms with Crippen molar-refractivity contribution in [2.75, 3.05) is 0 Å². The second-order valence-electron chi connectivity index (χ2n) is 5.41. The number of hydrogen-bond acceptors (Lipinski definition) is 5. The molecule has 0 unspecified atom stereocenters. The Balaban J connectivity index is 2.54. The highest BCUT2D eigenvalue weighted by Gasteiger charge is 2.42. The van der Waals surface area contributed by atoms with Crippen LogP contribution in [0.5, 0.6) is 0 Å². The van der Waals surface area contributed by atoms with Crippen LogP contribution in [-0.2, 0) is 4.79 Å². The molecule has 1 aliphatic rings. The third-order valence-corrected chi connectivity index (χ3v) is 3.63. The first-order valence-electron chi connectivity index (χ1n) is 6.35. The molecule has 0 aromatic carbocycles. The van der Waals surface area contributed by atoms with Gasteiger partial charge in [0.2, 0.25) is 0 Å². The van der Waals surface area contributed by atoms with Crippen molar-refractivity contribution < 1.29 is 14.7 Å². The molecular weight excluding hydrogens is 258 g/mol. The summed E-state index contributed by atoms with van der Waals surface area (Å²) >= 11 is 0. The zero-order valence-electron chi connectivity index (χ0n) is 11.9. The Hall–Kier alpha value is -2.24. The van der Waals surface area contributed by atoms with Crippen LogP contribution in [0.4, 0.5) is 0 Å². The van der Waals surface area contributed by atoms with Crippen LogP contribution in [0.1, 0.15) is 42.4 Å². The molecule has 1 atom stereocenters. The molecule has 0 bridgehead atoms. The Morgan fingerprint density at radius 1 is 1.45 bits per heavy atom. The van der Waals surface area contributed by atoms with Crippen LogP contribution in [-0.4, -0.2) is 28.2 Å². The van der Waals surface area contributed by atoms with E-state index in [9.17, 15) is 14.7 Å². The van der Waals surface area contributed by atoms with Gasteiger partial charge < -0.3 is 15.2 Å². The average Bonchev–Trinajstić information content (AvgIpc) is 2.66. The topological polar surface area (TPSA) is 94.5 Å². The van der Waals surface area contributed by atoms with Gasteiger partial charge in [-0.3, -0.25) is 9.78 Å². The SMILES string of the molecule is Cc1cnc(C2=N[C@@](C)(C(C)C)C(=O)N2)c(C(=O)[O-])c1. The molecule has 0 spiro atoms. The van der Waals surface area contributed by atoms with Gasteiger partial charge in [0.15, 0.2) is 5.84 Å². The Kier molecular flexibility index (Phi) is 3.33. The molecule has 1 aromatic heterocycles. The van der Waals surface area contributed by atoms with Crippen LogP contribution in [0.3, 0.4) is 0 Å². The molecule has 0 radical (unpaired) electrons. The number of amides is 1. The second kappa shape index (κ2) is 4.70. The summed E-state index contributed by atoms with van der Waals surface area (Å²) in [5, 5.41) is 13.8. The number of carbonyl (C=O) groups is 2. The smallest absolute Gasteiger partial charge is 0.253 e. The summed E-state index contributed by atoms with van der Waals surface area (Å²) in [5.74, 6) is -1.43. The quantitative estimate of drug-likeness (QED) is 0.842. The monoisotopic (exact) mass is 274 g/mol. The number of carboxylic acids is 1. The number of hydrogen-bond donors (Lipinski definition) is 1. The van der Waals surface area contributed by atoms with Crippen molar-refractivity contribution in [2.45, 2.75) is 33.2 Å². The fraction of sp³-hybridized carbons (Fsp3) is 0.429. The van der Waals surface area contributed by atoms with Gasteiger partial charge in [-0.1, -0.05) is 13.8 Å². The lowest BCUT2D eigenvalue weighted by molar-refractivity contribution is -0.255. The maximum atomic E-state index is 12.1. The number of nitrogens with zero attached hydrogens (tertiary/aromatic N) is 2. The molecule has 1 N–H and O–H groups in total. The van der Waals surface area contributed by atoms with Gasteiger partial charge in [-0.05, 0) is 31.4 Å². The van der Waals surface area contributed by atoms with Gasteiger partial charge in [-0.2, -0.15) is 0 Å². The molecule has 106 valence electrons. The van der Waals surface area contributed by atoms with Gasteiger partial charge in [0.1, 0.15) is 11.2 Å². The third-order valence-electron chi connectivity index (χ3n) is 3.63. The average molecular weight is 274 g/mol. The molecule has 0 saturated heterocycles.